The average Bonchev–Trinajstić information content (AvgIpc) is 3.16. The average molecular weight is 305 g/mol. The molecule has 1 amide bonds. The standard InChI is InChI=1S/C15H15NO2S2/c1-18-12-6-3-2-5-11(12)14(17)16-8-10-20-15(16)13-7-4-9-19-13/h2-7,9,15H,8,10H2,1H3. The fraction of sp³-hybridized carbons (Fsp3) is 0.267. The summed E-state index contributed by atoms with van der Waals surface area (Å²) in [7, 11) is 1.60. The molecular weight excluding hydrogens is 290 g/mol. The zero-order valence-corrected chi connectivity index (χ0v) is 12.7. The van der Waals surface area contributed by atoms with Crippen molar-refractivity contribution < 1.29 is 9.53 Å². The van der Waals surface area contributed by atoms with E-state index in [4.69, 9.17) is 4.74 Å². The summed E-state index contributed by atoms with van der Waals surface area (Å²) in [5, 5.41) is 2.19. The number of benzene rings is 1. The SMILES string of the molecule is COc1ccccc1C(=O)N1CCSC1c1cccs1. The normalized spacial score (nSPS) is 18.2. The van der Waals surface area contributed by atoms with Crippen LogP contribution in [0.1, 0.15) is 20.6 Å². The van der Waals surface area contributed by atoms with Crippen LogP contribution in [0.3, 0.4) is 0 Å². The summed E-state index contributed by atoms with van der Waals surface area (Å²) in [6, 6.07) is 11.5. The van der Waals surface area contributed by atoms with E-state index in [-0.39, 0.29) is 11.3 Å². The molecule has 0 spiro atoms. The number of methoxy groups -OCH3 is 1. The largest absolute Gasteiger partial charge is 0.496 e. The Morgan fingerprint density at radius 3 is 2.90 bits per heavy atom. The number of nitrogens with zero attached hydrogens (tertiary/aromatic N) is 1. The van der Waals surface area contributed by atoms with E-state index in [1.807, 2.05) is 47.0 Å². The molecule has 3 nitrogen and oxygen atoms in total. The Morgan fingerprint density at radius 2 is 2.15 bits per heavy atom. The Balaban J connectivity index is 1.90. The Labute approximate surface area is 126 Å². The van der Waals surface area contributed by atoms with E-state index < -0.39 is 0 Å². The number of carbonyl (C=O) groups excluding carboxylic acids is 1. The fourth-order valence-corrected chi connectivity index (χ4v) is 4.56. The van der Waals surface area contributed by atoms with Crippen LogP contribution in [-0.4, -0.2) is 30.2 Å². The van der Waals surface area contributed by atoms with Crippen molar-refractivity contribution in [3.8, 4) is 5.75 Å². The summed E-state index contributed by atoms with van der Waals surface area (Å²) in [6.45, 7) is 0.782. The lowest BCUT2D eigenvalue weighted by Crippen LogP contribution is -2.30. The van der Waals surface area contributed by atoms with Gasteiger partial charge in [-0.05, 0) is 23.6 Å². The van der Waals surface area contributed by atoms with Gasteiger partial charge in [0.1, 0.15) is 11.1 Å². The minimum Gasteiger partial charge on any atom is -0.496 e. The quantitative estimate of drug-likeness (QED) is 0.867. The van der Waals surface area contributed by atoms with Gasteiger partial charge >= 0.3 is 0 Å². The zero-order chi connectivity index (χ0) is 13.9. The molecule has 0 saturated carbocycles. The molecule has 1 saturated heterocycles. The van der Waals surface area contributed by atoms with Gasteiger partial charge in [-0.25, -0.2) is 0 Å². The topological polar surface area (TPSA) is 29.5 Å². The van der Waals surface area contributed by atoms with Crippen molar-refractivity contribution in [1.29, 1.82) is 0 Å². The van der Waals surface area contributed by atoms with Gasteiger partial charge in [-0.3, -0.25) is 4.79 Å². The number of thioether (sulfide) groups is 1. The second-order valence-electron chi connectivity index (χ2n) is 4.44. The van der Waals surface area contributed by atoms with Crippen LogP contribution in [0.2, 0.25) is 0 Å². The predicted molar refractivity (Wildman–Crippen MR) is 83.5 cm³/mol. The van der Waals surface area contributed by atoms with Gasteiger partial charge in [0.05, 0.1) is 12.7 Å². The number of para-hydroxylation sites is 1. The maximum absolute atomic E-state index is 12.8. The maximum atomic E-state index is 12.8. The third-order valence-electron chi connectivity index (χ3n) is 3.28. The molecule has 0 radical (unpaired) electrons. The van der Waals surface area contributed by atoms with Gasteiger partial charge in [0, 0.05) is 17.2 Å². The van der Waals surface area contributed by atoms with Crippen molar-refractivity contribution in [2.24, 2.45) is 0 Å². The molecule has 0 aliphatic carbocycles. The number of carbonyl (C=O) groups is 1. The number of hydrogen-bond donors (Lipinski definition) is 0. The molecular formula is C15H15NO2S2. The highest BCUT2D eigenvalue weighted by molar-refractivity contribution is 7.99. The number of amides is 1. The first-order valence-electron chi connectivity index (χ1n) is 6.40. The Kier molecular flexibility index (Phi) is 3.98. The molecule has 1 aromatic heterocycles. The van der Waals surface area contributed by atoms with Crippen LogP contribution in [0, 0.1) is 0 Å². The van der Waals surface area contributed by atoms with Crippen molar-refractivity contribution >= 4 is 29.0 Å². The van der Waals surface area contributed by atoms with E-state index in [0.717, 1.165) is 12.3 Å². The summed E-state index contributed by atoms with van der Waals surface area (Å²) in [5.74, 6) is 1.66. The Bertz CT molecular complexity index is 598. The van der Waals surface area contributed by atoms with Crippen LogP contribution in [-0.2, 0) is 0 Å². The van der Waals surface area contributed by atoms with Crippen molar-refractivity contribution in [2.75, 3.05) is 19.4 Å². The number of rotatable bonds is 3. The lowest BCUT2D eigenvalue weighted by molar-refractivity contribution is 0.0758. The van der Waals surface area contributed by atoms with Crippen LogP contribution in [0.4, 0.5) is 0 Å². The van der Waals surface area contributed by atoms with E-state index in [2.05, 4.69) is 11.4 Å². The molecule has 2 heterocycles. The molecule has 20 heavy (non-hydrogen) atoms. The van der Waals surface area contributed by atoms with E-state index in [9.17, 15) is 4.79 Å². The smallest absolute Gasteiger partial charge is 0.258 e. The van der Waals surface area contributed by atoms with E-state index >= 15 is 0 Å². The number of hydrogen-bond acceptors (Lipinski definition) is 4. The Morgan fingerprint density at radius 1 is 1.30 bits per heavy atom. The van der Waals surface area contributed by atoms with Gasteiger partial charge in [0.15, 0.2) is 0 Å². The molecule has 5 heteroatoms. The molecule has 0 bridgehead atoms. The van der Waals surface area contributed by atoms with Crippen LogP contribution in [0.25, 0.3) is 0 Å². The van der Waals surface area contributed by atoms with Gasteiger partial charge in [-0.2, -0.15) is 0 Å². The van der Waals surface area contributed by atoms with Gasteiger partial charge in [-0.15, -0.1) is 23.1 Å². The van der Waals surface area contributed by atoms with Crippen molar-refractivity contribution in [2.45, 2.75) is 5.37 Å². The van der Waals surface area contributed by atoms with Gasteiger partial charge in [-0.1, -0.05) is 18.2 Å². The maximum Gasteiger partial charge on any atom is 0.258 e. The number of ether oxygens (including phenoxy) is 1. The lowest BCUT2D eigenvalue weighted by Gasteiger charge is -2.23. The van der Waals surface area contributed by atoms with E-state index in [1.54, 1.807) is 18.4 Å². The molecule has 1 aliphatic rings. The molecule has 0 N–H and O–H groups in total. The van der Waals surface area contributed by atoms with Crippen molar-refractivity contribution in [3.63, 3.8) is 0 Å². The van der Waals surface area contributed by atoms with Gasteiger partial charge in [0.2, 0.25) is 0 Å². The van der Waals surface area contributed by atoms with Crippen LogP contribution < -0.4 is 4.74 Å². The second kappa shape index (κ2) is 5.89. The minimum absolute atomic E-state index is 0.0471. The zero-order valence-electron chi connectivity index (χ0n) is 11.1. The summed E-state index contributed by atoms with van der Waals surface area (Å²) in [4.78, 5) is 15.9. The Hall–Kier alpha value is -1.46. The molecule has 3 rings (SSSR count). The van der Waals surface area contributed by atoms with Crippen LogP contribution in [0.15, 0.2) is 41.8 Å². The number of thiophene rings is 1. The highest BCUT2D eigenvalue weighted by atomic mass is 32.2. The van der Waals surface area contributed by atoms with Crippen LogP contribution >= 0.6 is 23.1 Å². The van der Waals surface area contributed by atoms with Gasteiger partial charge < -0.3 is 9.64 Å². The first-order chi connectivity index (χ1) is 9.81. The monoisotopic (exact) mass is 305 g/mol. The van der Waals surface area contributed by atoms with E-state index in [0.29, 0.717) is 11.3 Å². The molecule has 1 fully saturated rings. The fourth-order valence-electron chi connectivity index (χ4n) is 2.32. The van der Waals surface area contributed by atoms with Gasteiger partial charge in [0.25, 0.3) is 5.91 Å². The van der Waals surface area contributed by atoms with Crippen molar-refractivity contribution in [3.05, 3.63) is 52.2 Å². The summed E-state index contributed by atoms with van der Waals surface area (Å²) >= 11 is 3.52. The highest BCUT2D eigenvalue weighted by Gasteiger charge is 2.32. The lowest BCUT2D eigenvalue weighted by atomic mass is 10.1. The second-order valence-corrected chi connectivity index (χ2v) is 6.60. The van der Waals surface area contributed by atoms with E-state index in [1.165, 1.54) is 4.88 Å². The predicted octanol–water partition coefficient (Wildman–Crippen LogP) is 3.64. The molecule has 104 valence electrons. The molecule has 1 aliphatic heterocycles. The van der Waals surface area contributed by atoms with Crippen LogP contribution in [0.5, 0.6) is 5.75 Å². The first kappa shape index (κ1) is 13.5. The summed E-state index contributed by atoms with van der Waals surface area (Å²) in [5.41, 5.74) is 0.638. The third kappa shape index (κ3) is 2.43. The molecule has 2 aromatic rings. The molecule has 1 unspecified atom stereocenters. The minimum atomic E-state index is 0.0471. The summed E-state index contributed by atoms with van der Waals surface area (Å²) < 4.78 is 5.30. The third-order valence-corrected chi connectivity index (χ3v) is 5.59. The first-order valence-corrected chi connectivity index (χ1v) is 8.33. The summed E-state index contributed by atoms with van der Waals surface area (Å²) in [6.07, 6.45) is 0. The molecule has 1 atom stereocenters. The van der Waals surface area contributed by atoms with Crippen molar-refractivity contribution in [1.82, 2.24) is 4.90 Å². The molecule has 1 aromatic carbocycles. The highest BCUT2D eigenvalue weighted by Crippen LogP contribution is 2.41.